The summed E-state index contributed by atoms with van der Waals surface area (Å²) >= 11 is 0. The lowest BCUT2D eigenvalue weighted by Gasteiger charge is -2.08. The summed E-state index contributed by atoms with van der Waals surface area (Å²) in [7, 11) is 0. The summed E-state index contributed by atoms with van der Waals surface area (Å²) in [6, 6.07) is 8.91. The van der Waals surface area contributed by atoms with Crippen molar-refractivity contribution in [2.75, 3.05) is 5.32 Å². The smallest absolute Gasteiger partial charge is 0.271 e. The lowest BCUT2D eigenvalue weighted by Crippen LogP contribution is -2.25. The van der Waals surface area contributed by atoms with Crippen LogP contribution in [0.5, 0.6) is 0 Å². The highest BCUT2D eigenvalue weighted by atomic mass is 19.1. The van der Waals surface area contributed by atoms with E-state index in [1.165, 1.54) is 18.2 Å². The molecule has 0 aliphatic rings. The molecule has 0 fully saturated rings. The molecule has 27 heavy (non-hydrogen) atoms. The second-order valence-electron chi connectivity index (χ2n) is 5.48. The topological polar surface area (TPSA) is 86.9 Å². The number of rotatable bonds is 5. The van der Waals surface area contributed by atoms with Crippen molar-refractivity contribution in [1.82, 2.24) is 15.5 Å². The molecule has 0 aliphatic carbocycles. The monoisotopic (exact) mass is 376 g/mol. The van der Waals surface area contributed by atoms with E-state index in [9.17, 15) is 22.8 Å². The van der Waals surface area contributed by atoms with Gasteiger partial charge in [-0.3, -0.25) is 14.7 Å². The third kappa shape index (κ3) is 3.97. The molecule has 2 amide bonds. The predicted molar refractivity (Wildman–Crippen MR) is 92.6 cm³/mol. The first-order valence-corrected chi connectivity index (χ1v) is 7.77. The second-order valence-corrected chi connectivity index (χ2v) is 5.48. The summed E-state index contributed by atoms with van der Waals surface area (Å²) in [5, 5.41) is 10.7. The van der Waals surface area contributed by atoms with Gasteiger partial charge < -0.3 is 10.6 Å². The number of aromatic nitrogens is 2. The van der Waals surface area contributed by atoms with Crippen LogP contribution in [0.25, 0.3) is 0 Å². The van der Waals surface area contributed by atoms with E-state index in [4.69, 9.17) is 0 Å². The Morgan fingerprint density at radius 2 is 1.63 bits per heavy atom. The number of H-pyrrole nitrogens is 1. The molecule has 0 spiro atoms. The third-order valence-electron chi connectivity index (χ3n) is 3.70. The molecule has 3 aromatic rings. The van der Waals surface area contributed by atoms with Crippen molar-refractivity contribution >= 4 is 17.5 Å². The van der Waals surface area contributed by atoms with Crippen LogP contribution in [0.3, 0.4) is 0 Å². The first-order valence-electron chi connectivity index (χ1n) is 7.77. The van der Waals surface area contributed by atoms with Crippen LogP contribution in [-0.2, 0) is 6.54 Å². The van der Waals surface area contributed by atoms with Crippen LogP contribution in [0.2, 0.25) is 0 Å². The molecule has 2 aromatic carbocycles. The van der Waals surface area contributed by atoms with Crippen molar-refractivity contribution in [3.8, 4) is 0 Å². The number of carbonyl (C=O) groups is 2. The molecule has 0 saturated heterocycles. The fraction of sp³-hybridized carbons (Fsp3) is 0.0556. The average molecular weight is 376 g/mol. The van der Waals surface area contributed by atoms with Crippen LogP contribution in [0, 0.1) is 17.5 Å². The quantitative estimate of drug-likeness (QED) is 0.639. The highest BCUT2D eigenvalue weighted by Gasteiger charge is 2.21. The van der Waals surface area contributed by atoms with Gasteiger partial charge in [0.25, 0.3) is 11.8 Å². The maximum atomic E-state index is 13.7. The van der Waals surface area contributed by atoms with Crippen LogP contribution in [0.4, 0.5) is 18.9 Å². The number of anilines is 1. The van der Waals surface area contributed by atoms with E-state index in [1.807, 2.05) is 0 Å². The van der Waals surface area contributed by atoms with Crippen molar-refractivity contribution in [3.05, 3.63) is 82.9 Å². The Morgan fingerprint density at radius 1 is 0.963 bits per heavy atom. The van der Waals surface area contributed by atoms with Gasteiger partial charge in [-0.1, -0.05) is 24.3 Å². The molecule has 140 valence electrons. The maximum Gasteiger partial charge on any atom is 0.271 e. The Kier molecular flexibility index (Phi) is 5.20. The highest BCUT2D eigenvalue weighted by molar-refractivity contribution is 6.08. The Hall–Kier alpha value is -3.62. The number of carbonyl (C=O) groups excluding carboxylic acids is 2. The van der Waals surface area contributed by atoms with Gasteiger partial charge in [0, 0.05) is 13.5 Å². The number of halogens is 3. The molecule has 1 heterocycles. The zero-order chi connectivity index (χ0) is 19.4. The lowest BCUT2D eigenvalue weighted by atomic mass is 10.1. The van der Waals surface area contributed by atoms with E-state index in [-0.39, 0.29) is 24.9 Å². The number of aromatic amines is 1. The van der Waals surface area contributed by atoms with E-state index in [1.54, 1.807) is 6.07 Å². The van der Waals surface area contributed by atoms with Gasteiger partial charge in [-0.05, 0) is 18.2 Å². The van der Waals surface area contributed by atoms with Crippen LogP contribution < -0.4 is 10.6 Å². The Morgan fingerprint density at radius 3 is 2.33 bits per heavy atom. The van der Waals surface area contributed by atoms with Gasteiger partial charge in [0.1, 0.15) is 28.7 Å². The van der Waals surface area contributed by atoms with Gasteiger partial charge in [-0.2, -0.15) is 5.10 Å². The molecule has 0 bridgehead atoms. The molecular weight excluding hydrogens is 361 g/mol. The lowest BCUT2D eigenvalue weighted by molar-refractivity contribution is 0.0946. The van der Waals surface area contributed by atoms with Gasteiger partial charge in [-0.15, -0.1) is 0 Å². The van der Waals surface area contributed by atoms with E-state index in [0.29, 0.717) is 0 Å². The maximum absolute atomic E-state index is 13.7. The summed E-state index contributed by atoms with van der Waals surface area (Å²) in [4.78, 5) is 24.4. The number of amides is 2. The molecule has 0 atom stereocenters. The minimum Gasteiger partial charge on any atom is -0.346 e. The zero-order valence-corrected chi connectivity index (χ0v) is 13.7. The fourth-order valence-corrected chi connectivity index (χ4v) is 2.36. The largest absolute Gasteiger partial charge is 0.346 e. The molecule has 9 heteroatoms. The molecule has 0 saturated carbocycles. The minimum absolute atomic E-state index is 0. The Balaban J connectivity index is 0.00000280. The standard InChI is InChI=1S/C18H13F3N4O2.H2/c19-11-5-2-1-4-10(11)8-22-18(27)16-14(9-23-25-16)24-17(26)15-12(20)6-3-7-13(15)21;/h1-7,9H,8H2,(H,22,27)(H,23,25)(H,24,26);1H. The van der Waals surface area contributed by atoms with E-state index >= 15 is 0 Å². The van der Waals surface area contributed by atoms with Gasteiger partial charge in [0.15, 0.2) is 0 Å². The Bertz CT molecular complexity index is 990. The van der Waals surface area contributed by atoms with Gasteiger partial charge in [-0.25, -0.2) is 13.2 Å². The summed E-state index contributed by atoms with van der Waals surface area (Å²) < 4.78 is 41.0. The Labute approximate surface area is 152 Å². The SMILES string of the molecule is O=C(NCc1ccccc1F)c1[nH]ncc1NC(=O)c1c(F)cccc1F.[HH]. The number of nitrogens with one attached hydrogen (secondary N) is 3. The number of hydrogen-bond donors (Lipinski definition) is 3. The van der Waals surface area contributed by atoms with Crippen LogP contribution in [0.15, 0.2) is 48.7 Å². The minimum atomic E-state index is -1.07. The van der Waals surface area contributed by atoms with Crippen molar-refractivity contribution in [2.24, 2.45) is 0 Å². The molecule has 0 radical (unpaired) electrons. The highest BCUT2D eigenvalue weighted by Crippen LogP contribution is 2.17. The van der Waals surface area contributed by atoms with E-state index < -0.39 is 34.8 Å². The van der Waals surface area contributed by atoms with Crippen LogP contribution >= 0.6 is 0 Å². The predicted octanol–water partition coefficient (Wildman–Crippen LogP) is 3.26. The number of nitrogens with zero attached hydrogens (tertiary/aromatic N) is 1. The first-order chi connectivity index (χ1) is 13.0. The molecular formula is C18H15F3N4O2. The van der Waals surface area contributed by atoms with Crippen molar-refractivity contribution in [2.45, 2.75) is 6.54 Å². The van der Waals surface area contributed by atoms with Crippen molar-refractivity contribution < 1.29 is 24.2 Å². The van der Waals surface area contributed by atoms with Crippen LogP contribution in [0.1, 0.15) is 27.8 Å². The third-order valence-corrected chi connectivity index (χ3v) is 3.70. The van der Waals surface area contributed by atoms with Crippen molar-refractivity contribution in [3.63, 3.8) is 0 Å². The normalized spacial score (nSPS) is 10.5. The molecule has 0 unspecified atom stereocenters. The number of hydrogen-bond acceptors (Lipinski definition) is 3. The zero-order valence-electron chi connectivity index (χ0n) is 13.7. The molecule has 3 rings (SSSR count). The fourth-order valence-electron chi connectivity index (χ4n) is 2.36. The van der Waals surface area contributed by atoms with E-state index in [0.717, 1.165) is 24.4 Å². The summed E-state index contributed by atoms with van der Waals surface area (Å²) in [6.07, 6.45) is 1.12. The van der Waals surface area contributed by atoms with Crippen LogP contribution in [-0.4, -0.2) is 22.0 Å². The summed E-state index contributed by atoms with van der Waals surface area (Å²) in [5.74, 6) is -4.32. The van der Waals surface area contributed by atoms with Crippen molar-refractivity contribution in [1.29, 1.82) is 0 Å². The second kappa shape index (κ2) is 7.73. The molecule has 0 aliphatic heterocycles. The van der Waals surface area contributed by atoms with Gasteiger partial charge >= 0.3 is 0 Å². The summed E-state index contributed by atoms with van der Waals surface area (Å²) in [5.41, 5.74) is -0.731. The molecule has 6 nitrogen and oxygen atoms in total. The number of benzene rings is 2. The first kappa shape index (κ1) is 18.2. The molecule has 1 aromatic heterocycles. The molecule has 3 N–H and O–H groups in total. The summed E-state index contributed by atoms with van der Waals surface area (Å²) in [6.45, 7) is -0.0974. The van der Waals surface area contributed by atoms with E-state index in [2.05, 4.69) is 20.8 Å². The van der Waals surface area contributed by atoms with Gasteiger partial charge in [0.05, 0.1) is 11.9 Å². The average Bonchev–Trinajstić information content (AvgIpc) is 3.09. The van der Waals surface area contributed by atoms with Gasteiger partial charge in [0.2, 0.25) is 0 Å².